The van der Waals surface area contributed by atoms with Gasteiger partial charge < -0.3 is 10.8 Å². The summed E-state index contributed by atoms with van der Waals surface area (Å²) in [6, 6.07) is 7.57. The molecule has 0 aliphatic heterocycles. The maximum absolute atomic E-state index is 9.72. The molecule has 0 atom stereocenters. The summed E-state index contributed by atoms with van der Waals surface area (Å²) >= 11 is 0. The minimum atomic E-state index is 0.202. The number of hydrogen-bond acceptors (Lipinski definition) is 3. The second-order valence-electron chi connectivity index (χ2n) is 2.92. The number of aromatic nitrogens is 1. The fourth-order valence-electron chi connectivity index (χ4n) is 1.31. The van der Waals surface area contributed by atoms with Gasteiger partial charge >= 0.3 is 0 Å². The second-order valence-corrected chi connectivity index (χ2v) is 2.92. The van der Waals surface area contributed by atoms with Crippen LogP contribution in [-0.2, 0) is 4.79 Å². The van der Waals surface area contributed by atoms with Gasteiger partial charge in [0.1, 0.15) is 11.4 Å². The Labute approximate surface area is 93.0 Å². The molecule has 4 nitrogen and oxygen atoms in total. The van der Waals surface area contributed by atoms with Crippen LogP contribution in [0.4, 0.5) is 0 Å². The highest BCUT2D eigenvalue weighted by molar-refractivity contribution is 5.89. The monoisotopic (exact) mass is 216 g/mol. The highest BCUT2D eigenvalue weighted by atomic mass is 16.3. The van der Waals surface area contributed by atoms with E-state index >= 15 is 0 Å². The molecule has 1 heterocycles. The van der Waals surface area contributed by atoms with Crippen molar-refractivity contribution < 1.29 is 9.90 Å². The van der Waals surface area contributed by atoms with E-state index < -0.39 is 0 Å². The lowest BCUT2D eigenvalue weighted by molar-refractivity contribution is -0.106. The van der Waals surface area contributed by atoms with E-state index in [9.17, 15) is 5.11 Å². The van der Waals surface area contributed by atoms with Crippen molar-refractivity contribution in [2.24, 2.45) is 5.73 Å². The molecule has 82 valence electrons. The predicted molar refractivity (Wildman–Crippen MR) is 63.8 cm³/mol. The molecule has 0 spiro atoms. The Hall–Kier alpha value is -2.36. The molecule has 0 bridgehead atoms. The van der Waals surface area contributed by atoms with Gasteiger partial charge in [-0.2, -0.15) is 0 Å². The van der Waals surface area contributed by atoms with E-state index in [4.69, 9.17) is 4.79 Å². The van der Waals surface area contributed by atoms with Gasteiger partial charge in [-0.1, -0.05) is 30.8 Å². The number of rotatable bonds is 1. The lowest BCUT2D eigenvalue weighted by Crippen LogP contribution is -1.83. The maximum atomic E-state index is 9.72. The first-order valence-corrected chi connectivity index (χ1v) is 4.59. The van der Waals surface area contributed by atoms with Gasteiger partial charge in [0.2, 0.25) is 6.41 Å². The second kappa shape index (κ2) is 5.50. The van der Waals surface area contributed by atoms with Crippen LogP contribution in [0.2, 0.25) is 0 Å². The molecule has 2 aromatic rings. The van der Waals surface area contributed by atoms with Crippen LogP contribution in [0.3, 0.4) is 0 Å². The molecule has 0 aliphatic rings. The molecule has 0 saturated heterocycles. The van der Waals surface area contributed by atoms with Crippen molar-refractivity contribution in [2.75, 3.05) is 0 Å². The topological polar surface area (TPSA) is 76.2 Å². The number of pyridine rings is 1. The smallest absolute Gasteiger partial charge is 0.204 e. The lowest BCUT2D eigenvalue weighted by atomic mass is 10.1. The summed E-state index contributed by atoms with van der Waals surface area (Å²) in [4.78, 5) is 12.6. The van der Waals surface area contributed by atoms with E-state index in [2.05, 4.69) is 17.3 Å². The first-order chi connectivity index (χ1) is 7.74. The zero-order valence-electron chi connectivity index (χ0n) is 8.63. The largest absolute Gasteiger partial charge is 0.505 e. The molecule has 0 fully saturated rings. The summed E-state index contributed by atoms with van der Waals surface area (Å²) in [5.74, 6) is 0.202. The SMILES string of the molecule is C=Cc1ncc2ccccc2c1O.NC=O. The molecule has 1 amide bonds. The van der Waals surface area contributed by atoms with E-state index in [0.717, 1.165) is 10.8 Å². The molecule has 0 saturated carbocycles. The molecule has 16 heavy (non-hydrogen) atoms. The van der Waals surface area contributed by atoms with Crippen LogP contribution in [0.5, 0.6) is 5.75 Å². The highest BCUT2D eigenvalue weighted by Crippen LogP contribution is 2.26. The van der Waals surface area contributed by atoms with Gasteiger partial charge in [0.15, 0.2) is 0 Å². The normalized spacial score (nSPS) is 9.00. The fraction of sp³-hybridized carbons (Fsp3) is 0. The van der Waals surface area contributed by atoms with E-state index in [1.54, 1.807) is 12.3 Å². The van der Waals surface area contributed by atoms with Crippen molar-refractivity contribution in [3.8, 4) is 5.75 Å². The summed E-state index contributed by atoms with van der Waals surface area (Å²) in [6.07, 6.45) is 3.52. The number of benzene rings is 1. The van der Waals surface area contributed by atoms with Crippen LogP contribution >= 0.6 is 0 Å². The van der Waals surface area contributed by atoms with Gasteiger partial charge in [0, 0.05) is 17.0 Å². The Bertz CT molecular complexity index is 509. The summed E-state index contributed by atoms with van der Waals surface area (Å²) in [6.45, 7) is 3.58. The van der Waals surface area contributed by atoms with Gasteiger partial charge in [0.05, 0.1) is 0 Å². The molecule has 1 aromatic carbocycles. The molecule has 1 aromatic heterocycles. The molecular weight excluding hydrogens is 204 g/mol. The Morgan fingerprint density at radius 2 is 2.00 bits per heavy atom. The van der Waals surface area contributed by atoms with Crippen molar-refractivity contribution in [1.29, 1.82) is 0 Å². The van der Waals surface area contributed by atoms with Gasteiger partial charge in [0.25, 0.3) is 0 Å². The van der Waals surface area contributed by atoms with Crippen molar-refractivity contribution >= 4 is 23.3 Å². The number of hydrogen-bond donors (Lipinski definition) is 2. The van der Waals surface area contributed by atoms with E-state index in [1.807, 2.05) is 24.3 Å². The zero-order chi connectivity index (χ0) is 12.0. The lowest BCUT2D eigenvalue weighted by Gasteiger charge is -2.02. The molecular formula is C12H12N2O2. The summed E-state index contributed by atoms with van der Waals surface area (Å²) in [5.41, 5.74) is 4.69. The molecule has 0 aliphatic carbocycles. The minimum absolute atomic E-state index is 0.202. The first-order valence-electron chi connectivity index (χ1n) is 4.59. The third-order valence-electron chi connectivity index (χ3n) is 1.99. The zero-order valence-corrected chi connectivity index (χ0v) is 8.63. The Morgan fingerprint density at radius 3 is 2.62 bits per heavy atom. The number of primary amides is 1. The number of carbonyl (C=O) groups is 1. The standard InChI is InChI=1S/C11H9NO.CH3NO/c1-2-10-11(13)9-6-4-3-5-8(9)7-12-10;2-1-3/h2-7,13H,1H2;1H,(H2,2,3). The number of carbonyl (C=O) groups excluding carboxylic acids is 1. The van der Waals surface area contributed by atoms with E-state index in [0.29, 0.717) is 5.69 Å². The van der Waals surface area contributed by atoms with Crippen molar-refractivity contribution in [3.63, 3.8) is 0 Å². The number of nitrogens with two attached hydrogens (primary N) is 1. The molecule has 3 N–H and O–H groups in total. The Balaban J connectivity index is 0.000000386. The third-order valence-corrected chi connectivity index (χ3v) is 1.99. The molecule has 0 radical (unpaired) electrons. The van der Waals surface area contributed by atoms with Crippen LogP contribution in [0, 0.1) is 0 Å². The fourth-order valence-corrected chi connectivity index (χ4v) is 1.31. The molecule has 4 heteroatoms. The predicted octanol–water partition coefficient (Wildman–Crippen LogP) is 1.68. The third kappa shape index (κ3) is 2.36. The number of nitrogens with zero attached hydrogens (tertiary/aromatic N) is 1. The van der Waals surface area contributed by atoms with E-state index in [-0.39, 0.29) is 12.2 Å². The van der Waals surface area contributed by atoms with Crippen molar-refractivity contribution in [2.45, 2.75) is 0 Å². The van der Waals surface area contributed by atoms with E-state index in [1.165, 1.54) is 0 Å². The summed E-state index contributed by atoms with van der Waals surface area (Å²) in [5, 5.41) is 11.5. The maximum Gasteiger partial charge on any atom is 0.204 e. The van der Waals surface area contributed by atoms with Crippen LogP contribution in [-0.4, -0.2) is 16.5 Å². The van der Waals surface area contributed by atoms with Crippen LogP contribution in [0.1, 0.15) is 5.69 Å². The Morgan fingerprint density at radius 1 is 1.38 bits per heavy atom. The van der Waals surface area contributed by atoms with Gasteiger partial charge in [-0.3, -0.25) is 9.78 Å². The van der Waals surface area contributed by atoms with Crippen LogP contribution in [0.25, 0.3) is 16.8 Å². The van der Waals surface area contributed by atoms with Gasteiger partial charge in [-0.05, 0) is 6.08 Å². The average molecular weight is 216 g/mol. The van der Waals surface area contributed by atoms with Crippen LogP contribution < -0.4 is 5.73 Å². The quantitative estimate of drug-likeness (QED) is 0.712. The number of aromatic hydroxyl groups is 1. The molecule has 2 rings (SSSR count). The van der Waals surface area contributed by atoms with Gasteiger partial charge in [-0.25, -0.2) is 0 Å². The van der Waals surface area contributed by atoms with Crippen molar-refractivity contribution in [3.05, 3.63) is 42.7 Å². The van der Waals surface area contributed by atoms with Crippen LogP contribution in [0.15, 0.2) is 37.0 Å². The van der Waals surface area contributed by atoms with Gasteiger partial charge in [-0.15, -0.1) is 0 Å². The number of fused-ring (bicyclic) bond motifs is 1. The Kier molecular flexibility index (Phi) is 4.03. The average Bonchev–Trinajstić information content (AvgIpc) is 2.31. The highest BCUT2D eigenvalue weighted by Gasteiger charge is 2.03. The summed E-state index contributed by atoms with van der Waals surface area (Å²) in [7, 11) is 0. The van der Waals surface area contributed by atoms with Crippen molar-refractivity contribution in [1.82, 2.24) is 4.98 Å². The first kappa shape index (κ1) is 11.7. The minimum Gasteiger partial charge on any atom is -0.505 e. The molecule has 0 unspecified atom stereocenters. The number of amides is 1. The summed E-state index contributed by atoms with van der Waals surface area (Å²) < 4.78 is 0.